The van der Waals surface area contributed by atoms with Gasteiger partial charge in [-0.3, -0.25) is 14.9 Å². The van der Waals surface area contributed by atoms with Gasteiger partial charge in [0.2, 0.25) is 0 Å². The Labute approximate surface area is 98.9 Å². The van der Waals surface area contributed by atoms with Crippen LogP contribution in [-0.4, -0.2) is 26.0 Å². The summed E-state index contributed by atoms with van der Waals surface area (Å²) in [6, 6.07) is 6.74. The van der Waals surface area contributed by atoms with Crippen molar-refractivity contribution < 1.29 is 23.2 Å². The Kier molecular flexibility index (Phi) is 4.90. The highest BCUT2D eigenvalue weighted by molar-refractivity contribution is 7.33. The first-order valence-electron chi connectivity index (χ1n) is 4.60. The molecule has 1 heterocycles. The third-order valence-corrected chi connectivity index (χ3v) is 2.54. The summed E-state index contributed by atoms with van der Waals surface area (Å²) in [4.78, 5) is 21.9. The molecule has 0 aromatic heterocycles. The van der Waals surface area contributed by atoms with Crippen LogP contribution in [0.2, 0.25) is 0 Å². The van der Waals surface area contributed by atoms with Crippen molar-refractivity contribution in [1.82, 2.24) is 5.32 Å². The number of benzene rings is 1. The number of carbonyl (C=O) groups excluding carboxylic acids is 2. The van der Waals surface area contributed by atoms with Crippen molar-refractivity contribution in [2.45, 2.75) is 0 Å². The van der Waals surface area contributed by atoms with Gasteiger partial charge in [-0.05, 0) is 12.1 Å². The van der Waals surface area contributed by atoms with Gasteiger partial charge >= 0.3 is 8.25 Å². The van der Waals surface area contributed by atoms with Crippen LogP contribution in [0.5, 0.6) is 0 Å². The summed E-state index contributed by atoms with van der Waals surface area (Å²) >= 11 is 0. The van der Waals surface area contributed by atoms with Gasteiger partial charge in [0.15, 0.2) is 0 Å². The molecule has 0 aliphatic carbocycles. The van der Waals surface area contributed by atoms with Crippen LogP contribution in [0.15, 0.2) is 24.3 Å². The summed E-state index contributed by atoms with van der Waals surface area (Å²) in [6.07, 6.45) is 0. The molecule has 1 aromatic rings. The largest absolute Gasteiger partial charge is 0.696 e. The van der Waals surface area contributed by atoms with Crippen molar-refractivity contribution in [2.75, 3.05) is 14.2 Å². The van der Waals surface area contributed by atoms with E-state index in [-0.39, 0.29) is 11.8 Å². The van der Waals surface area contributed by atoms with Crippen LogP contribution >= 0.6 is 8.25 Å². The van der Waals surface area contributed by atoms with Crippen molar-refractivity contribution in [3.63, 3.8) is 0 Å². The fourth-order valence-electron chi connectivity index (χ4n) is 1.19. The molecule has 1 aromatic carbocycles. The third-order valence-electron chi connectivity index (χ3n) is 1.94. The zero-order valence-corrected chi connectivity index (χ0v) is 10.2. The molecule has 2 rings (SSSR count). The maximum absolute atomic E-state index is 10.9. The second-order valence-electron chi connectivity index (χ2n) is 2.92. The smallest absolute Gasteiger partial charge is 0.288 e. The number of hydrogen-bond acceptors (Lipinski definition) is 5. The monoisotopic (exact) mass is 256 g/mol. The zero-order chi connectivity index (χ0) is 12.8. The number of amides is 2. The highest BCUT2D eigenvalue weighted by atomic mass is 31.1. The molecule has 0 radical (unpaired) electrons. The van der Waals surface area contributed by atoms with E-state index < -0.39 is 8.25 Å². The second-order valence-corrected chi connectivity index (χ2v) is 4.10. The molecule has 0 atom stereocenters. The topological polar surface area (TPSA) is 81.7 Å². The summed E-state index contributed by atoms with van der Waals surface area (Å²) in [5, 5.41) is 2.20. The molecule has 7 heteroatoms. The summed E-state index contributed by atoms with van der Waals surface area (Å²) in [7, 11) is 0.817. The first-order valence-corrected chi connectivity index (χ1v) is 5.70. The van der Waals surface area contributed by atoms with E-state index in [9.17, 15) is 14.2 Å². The lowest BCUT2D eigenvalue weighted by molar-refractivity contribution is 0.0879. The van der Waals surface area contributed by atoms with Gasteiger partial charge in [-0.2, -0.15) is 0 Å². The normalized spacial score (nSPS) is 12.4. The van der Waals surface area contributed by atoms with Gasteiger partial charge in [-0.15, -0.1) is 9.05 Å². The molecule has 1 aliphatic heterocycles. The number of nitrogens with one attached hydrogen (secondary N) is 1. The van der Waals surface area contributed by atoms with E-state index in [1.54, 1.807) is 24.3 Å². The molecule has 1 N–H and O–H groups in total. The molecule has 0 fully saturated rings. The van der Waals surface area contributed by atoms with Crippen LogP contribution in [0.25, 0.3) is 0 Å². The standard InChI is InChI=1S/C8H5NO2.C2H6O3P/c10-7-5-3-1-2-4-6(5)8(11)9-7;1-4-6(3)5-2/h1-4H,(H,9,10,11);1-2H3/q;+1. The zero-order valence-electron chi connectivity index (χ0n) is 9.30. The van der Waals surface area contributed by atoms with Crippen LogP contribution in [0, 0.1) is 0 Å². The minimum atomic E-state index is -1.83. The van der Waals surface area contributed by atoms with E-state index in [1.165, 1.54) is 14.2 Å². The lowest BCUT2D eigenvalue weighted by Crippen LogP contribution is -2.19. The molecule has 6 nitrogen and oxygen atoms in total. The van der Waals surface area contributed by atoms with Gasteiger partial charge in [0.1, 0.15) is 0 Å². The first kappa shape index (κ1) is 13.4. The predicted molar refractivity (Wildman–Crippen MR) is 59.9 cm³/mol. The lowest BCUT2D eigenvalue weighted by atomic mass is 10.1. The number of fused-ring (bicyclic) bond motifs is 1. The number of imide groups is 1. The molecular weight excluding hydrogens is 245 g/mol. The third kappa shape index (κ3) is 3.42. The Morgan fingerprint density at radius 1 is 1.00 bits per heavy atom. The molecule has 0 saturated carbocycles. The highest BCUT2D eigenvalue weighted by Crippen LogP contribution is 2.18. The average molecular weight is 256 g/mol. The van der Waals surface area contributed by atoms with Gasteiger partial charge < -0.3 is 0 Å². The average Bonchev–Trinajstić information content (AvgIpc) is 2.66. The van der Waals surface area contributed by atoms with Gasteiger partial charge in [-0.1, -0.05) is 12.1 Å². The Balaban J connectivity index is 0.000000209. The SMILES string of the molecule is CO[P+](=O)OC.O=C1NC(=O)c2ccccc21. The number of carbonyl (C=O) groups is 2. The fourth-order valence-corrected chi connectivity index (χ4v) is 1.34. The molecule has 2 amide bonds. The Morgan fingerprint density at radius 2 is 1.41 bits per heavy atom. The highest BCUT2D eigenvalue weighted by Gasteiger charge is 2.25. The minimum absolute atomic E-state index is 0.300. The van der Waals surface area contributed by atoms with Crippen molar-refractivity contribution >= 4 is 20.1 Å². The van der Waals surface area contributed by atoms with Gasteiger partial charge in [0.25, 0.3) is 11.8 Å². The van der Waals surface area contributed by atoms with Crippen LogP contribution in [0.1, 0.15) is 20.7 Å². The second kappa shape index (κ2) is 6.20. The summed E-state index contributed by atoms with van der Waals surface area (Å²) in [6.45, 7) is 0. The van der Waals surface area contributed by atoms with E-state index in [2.05, 4.69) is 14.4 Å². The molecule has 17 heavy (non-hydrogen) atoms. The van der Waals surface area contributed by atoms with Crippen LogP contribution in [-0.2, 0) is 13.6 Å². The summed E-state index contributed by atoms with van der Waals surface area (Å²) < 4.78 is 18.3. The van der Waals surface area contributed by atoms with E-state index in [0.717, 1.165) is 0 Å². The molecule has 90 valence electrons. The van der Waals surface area contributed by atoms with Gasteiger partial charge in [-0.25, -0.2) is 0 Å². The summed E-state index contributed by atoms with van der Waals surface area (Å²) in [5.74, 6) is -0.601. The molecule has 0 spiro atoms. The number of rotatable bonds is 2. The summed E-state index contributed by atoms with van der Waals surface area (Å²) in [5.41, 5.74) is 0.940. The van der Waals surface area contributed by atoms with Crippen molar-refractivity contribution in [3.05, 3.63) is 35.4 Å². The van der Waals surface area contributed by atoms with Gasteiger partial charge in [0, 0.05) is 4.57 Å². The van der Waals surface area contributed by atoms with E-state index >= 15 is 0 Å². The maximum Gasteiger partial charge on any atom is 0.696 e. The molecular formula is C10H11NO5P+. The minimum Gasteiger partial charge on any atom is -0.288 e. The predicted octanol–water partition coefficient (Wildman–Crippen LogP) is 1.51. The molecule has 1 aliphatic rings. The first-order chi connectivity index (χ1) is 8.10. The van der Waals surface area contributed by atoms with E-state index in [4.69, 9.17) is 0 Å². The van der Waals surface area contributed by atoms with E-state index in [1.807, 2.05) is 0 Å². The van der Waals surface area contributed by atoms with Crippen LogP contribution < -0.4 is 5.32 Å². The van der Waals surface area contributed by atoms with Crippen molar-refractivity contribution in [3.8, 4) is 0 Å². The Bertz CT molecular complexity index is 421. The maximum atomic E-state index is 10.9. The lowest BCUT2D eigenvalue weighted by Gasteiger charge is -1.88. The molecule has 0 bridgehead atoms. The van der Waals surface area contributed by atoms with Gasteiger partial charge in [0.05, 0.1) is 25.3 Å². The molecule has 0 saturated heterocycles. The Hall–Kier alpha value is -1.62. The van der Waals surface area contributed by atoms with E-state index in [0.29, 0.717) is 11.1 Å². The Morgan fingerprint density at radius 3 is 1.71 bits per heavy atom. The van der Waals surface area contributed by atoms with Crippen LogP contribution in [0.3, 0.4) is 0 Å². The van der Waals surface area contributed by atoms with Crippen LogP contribution in [0.4, 0.5) is 0 Å². The quantitative estimate of drug-likeness (QED) is 0.640. The molecule has 0 unspecified atom stereocenters. The van der Waals surface area contributed by atoms with Crippen molar-refractivity contribution in [2.24, 2.45) is 0 Å². The van der Waals surface area contributed by atoms with Crippen molar-refractivity contribution in [1.29, 1.82) is 0 Å². The number of hydrogen-bond donors (Lipinski definition) is 1. The fraction of sp³-hybridized carbons (Fsp3) is 0.200.